The van der Waals surface area contributed by atoms with Crippen LogP contribution in [-0.2, 0) is 5.41 Å². The van der Waals surface area contributed by atoms with Crippen LogP contribution < -0.4 is 4.90 Å². The lowest BCUT2D eigenvalue weighted by Gasteiger charge is -2.28. The Morgan fingerprint density at radius 3 is 1.59 bits per heavy atom. The van der Waals surface area contributed by atoms with Crippen molar-refractivity contribution in [2.75, 3.05) is 4.90 Å². The molecule has 0 saturated carbocycles. The zero-order valence-corrected chi connectivity index (χ0v) is 25.5. The van der Waals surface area contributed by atoms with Crippen molar-refractivity contribution >= 4 is 39.0 Å². The fourth-order valence-corrected chi connectivity index (χ4v) is 7.60. The molecule has 0 radical (unpaired) electrons. The van der Waals surface area contributed by atoms with Crippen LogP contribution >= 0.6 is 0 Å². The van der Waals surface area contributed by atoms with Crippen molar-refractivity contribution in [3.63, 3.8) is 0 Å². The summed E-state index contributed by atoms with van der Waals surface area (Å²) in [4.78, 5) is 2.30. The van der Waals surface area contributed by atoms with Crippen molar-refractivity contribution in [1.82, 2.24) is 0 Å². The molecule has 0 amide bonds. The van der Waals surface area contributed by atoms with Crippen LogP contribution in [0.5, 0.6) is 0 Å². The SMILES string of the molecule is CC1(c2ccc(-c3ccc(N(c4ccccc4)c4ccccc4)cc3)c3c2oc2ccccc23)c2ccccc2-c2ccccc21. The number of hydrogen-bond donors (Lipinski definition) is 0. The number of nitrogens with zero attached hydrogens (tertiary/aromatic N) is 1. The Kier molecular flexibility index (Phi) is 5.97. The van der Waals surface area contributed by atoms with Crippen LogP contribution in [-0.4, -0.2) is 0 Å². The van der Waals surface area contributed by atoms with Crippen LogP contribution in [0.4, 0.5) is 17.1 Å². The highest BCUT2D eigenvalue weighted by atomic mass is 16.3. The van der Waals surface area contributed by atoms with E-state index in [9.17, 15) is 0 Å². The number of hydrogen-bond acceptors (Lipinski definition) is 2. The fraction of sp³-hybridized carbons (Fsp3) is 0.0455. The molecule has 0 fully saturated rings. The van der Waals surface area contributed by atoms with Crippen molar-refractivity contribution in [2.24, 2.45) is 0 Å². The van der Waals surface area contributed by atoms with E-state index in [-0.39, 0.29) is 5.41 Å². The van der Waals surface area contributed by atoms with Crippen molar-refractivity contribution < 1.29 is 4.42 Å². The van der Waals surface area contributed by atoms with E-state index < -0.39 is 0 Å². The van der Waals surface area contributed by atoms with Gasteiger partial charge in [0.1, 0.15) is 11.2 Å². The molecule has 1 heterocycles. The van der Waals surface area contributed by atoms with Gasteiger partial charge in [-0.1, -0.05) is 127 Å². The number of furan rings is 1. The molecular formula is C44H31NO. The van der Waals surface area contributed by atoms with Crippen LogP contribution in [0.1, 0.15) is 23.6 Å². The third kappa shape index (κ3) is 3.90. The van der Waals surface area contributed by atoms with Crippen molar-refractivity contribution in [1.29, 1.82) is 0 Å². The van der Waals surface area contributed by atoms with E-state index in [2.05, 4.69) is 182 Å². The zero-order valence-electron chi connectivity index (χ0n) is 25.5. The maximum absolute atomic E-state index is 6.82. The molecule has 1 aliphatic rings. The Bertz CT molecular complexity index is 2280. The van der Waals surface area contributed by atoms with Gasteiger partial charge in [0.2, 0.25) is 0 Å². The van der Waals surface area contributed by atoms with Gasteiger partial charge in [0, 0.05) is 38.8 Å². The van der Waals surface area contributed by atoms with E-state index in [1.807, 2.05) is 0 Å². The van der Waals surface area contributed by atoms with Crippen molar-refractivity contribution in [3.8, 4) is 22.3 Å². The second-order valence-corrected chi connectivity index (χ2v) is 12.2. The van der Waals surface area contributed by atoms with Gasteiger partial charge >= 0.3 is 0 Å². The van der Waals surface area contributed by atoms with E-state index in [1.165, 1.54) is 33.4 Å². The fourth-order valence-electron chi connectivity index (χ4n) is 7.60. The number of fused-ring (bicyclic) bond motifs is 6. The van der Waals surface area contributed by atoms with Gasteiger partial charge in [-0.25, -0.2) is 0 Å². The molecule has 7 aromatic carbocycles. The Morgan fingerprint density at radius 1 is 0.435 bits per heavy atom. The molecule has 2 heteroatoms. The Morgan fingerprint density at radius 2 is 0.957 bits per heavy atom. The van der Waals surface area contributed by atoms with Gasteiger partial charge in [0.05, 0.1) is 0 Å². The van der Waals surface area contributed by atoms with Gasteiger partial charge in [-0.05, 0) is 82.8 Å². The molecule has 0 N–H and O–H groups in total. The lowest BCUT2D eigenvalue weighted by Crippen LogP contribution is -2.22. The molecule has 1 aliphatic carbocycles. The maximum atomic E-state index is 6.82. The molecule has 8 aromatic rings. The highest BCUT2D eigenvalue weighted by molar-refractivity contribution is 6.14. The minimum atomic E-state index is -0.354. The highest BCUT2D eigenvalue weighted by Crippen LogP contribution is 2.55. The zero-order chi connectivity index (χ0) is 30.7. The van der Waals surface area contributed by atoms with Crippen LogP contribution in [0.25, 0.3) is 44.2 Å². The summed E-state index contributed by atoms with van der Waals surface area (Å²) in [5.74, 6) is 0. The lowest BCUT2D eigenvalue weighted by atomic mass is 9.73. The molecule has 0 aliphatic heterocycles. The summed E-state index contributed by atoms with van der Waals surface area (Å²) in [6.07, 6.45) is 0. The molecule has 46 heavy (non-hydrogen) atoms. The van der Waals surface area contributed by atoms with E-state index in [1.54, 1.807) is 0 Å². The predicted molar refractivity (Wildman–Crippen MR) is 191 cm³/mol. The summed E-state index contributed by atoms with van der Waals surface area (Å²) in [7, 11) is 0. The quantitative estimate of drug-likeness (QED) is 0.199. The maximum Gasteiger partial charge on any atom is 0.140 e. The number of rotatable bonds is 5. The normalized spacial score (nSPS) is 13.1. The van der Waals surface area contributed by atoms with Gasteiger partial charge in [0.25, 0.3) is 0 Å². The lowest BCUT2D eigenvalue weighted by molar-refractivity contribution is 0.638. The van der Waals surface area contributed by atoms with Crippen molar-refractivity contribution in [3.05, 3.63) is 187 Å². The minimum Gasteiger partial charge on any atom is -0.456 e. The molecule has 0 spiro atoms. The first-order valence-electron chi connectivity index (χ1n) is 15.9. The van der Waals surface area contributed by atoms with Gasteiger partial charge in [-0.15, -0.1) is 0 Å². The standard InChI is InChI=1S/C44H31NO/c1-44(38-21-11-8-18-35(38)36-19-9-12-22-39(36)44)40-29-28-34(42-37-20-10-13-23-41(37)46-43(40)42)30-24-26-33(27-25-30)45(31-14-4-2-5-15-31)32-16-6-3-7-17-32/h2-29H,1H3. The molecule has 0 atom stereocenters. The Hall–Kier alpha value is -5.86. The molecule has 2 nitrogen and oxygen atoms in total. The van der Waals surface area contributed by atoms with Gasteiger partial charge in [0.15, 0.2) is 0 Å². The van der Waals surface area contributed by atoms with Gasteiger partial charge in [-0.3, -0.25) is 0 Å². The second kappa shape index (κ2) is 10.4. The summed E-state index contributed by atoms with van der Waals surface area (Å²) in [5.41, 5.74) is 13.6. The molecular weight excluding hydrogens is 558 g/mol. The van der Waals surface area contributed by atoms with Crippen LogP contribution in [0.2, 0.25) is 0 Å². The monoisotopic (exact) mass is 589 g/mol. The highest BCUT2D eigenvalue weighted by Gasteiger charge is 2.42. The number of anilines is 3. The summed E-state index contributed by atoms with van der Waals surface area (Å²) in [5, 5.41) is 2.30. The minimum absolute atomic E-state index is 0.354. The number of benzene rings is 7. The van der Waals surface area contributed by atoms with E-state index in [0.29, 0.717) is 0 Å². The van der Waals surface area contributed by atoms with Crippen LogP contribution in [0.15, 0.2) is 174 Å². The summed E-state index contributed by atoms with van der Waals surface area (Å²) >= 11 is 0. The Balaban J connectivity index is 1.23. The predicted octanol–water partition coefficient (Wildman–Crippen LogP) is 12.1. The average molecular weight is 590 g/mol. The molecule has 0 saturated heterocycles. The second-order valence-electron chi connectivity index (χ2n) is 12.2. The molecule has 218 valence electrons. The summed E-state index contributed by atoms with van der Waals surface area (Å²) in [6, 6.07) is 60.7. The van der Waals surface area contributed by atoms with Crippen LogP contribution in [0.3, 0.4) is 0 Å². The van der Waals surface area contributed by atoms with Gasteiger partial charge < -0.3 is 9.32 Å². The number of para-hydroxylation sites is 3. The van der Waals surface area contributed by atoms with E-state index in [0.717, 1.165) is 44.6 Å². The van der Waals surface area contributed by atoms with Crippen LogP contribution in [0, 0.1) is 0 Å². The third-order valence-electron chi connectivity index (χ3n) is 9.75. The first-order valence-corrected chi connectivity index (χ1v) is 15.9. The topological polar surface area (TPSA) is 16.4 Å². The molecule has 0 bridgehead atoms. The molecule has 9 rings (SSSR count). The van der Waals surface area contributed by atoms with Gasteiger partial charge in [-0.2, -0.15) is 0 Å². The molecule has 1 aromatic heterocycles. The summed E-state index contributed by atoms with van der Waals surface area (Å²) in [6.45, 7) is 2.36. The molecule has 0 unspecified atom stereocenters. The summed E-state index contributed by atoms with van der Waals surface area (Å²) < 4.78 is 6.82. The largest absolute Gasteiger partial charge is 0.456 e. The first-order chi connectivity index (χ1) is 22.7. The first kappa shape index (κ1) is 26.5. The third-order valence-corrected chi connectivity index (χ3v) is 9.75. The smallest absolute Gasteiger partial charge is 0.140 e. The van der Waals surface area contributed by atoms with E-state index in [4.69, 9.17) is 4.42 Å². The Labute approximate surface area is 268 Å². The van der Waals surface area contributed by atoms with Crippen molar-refractivity contribution in [2.45, 2.75) is 12.3 Å². The van der Waals surface area contributed by atoms with E-state index >= 15 is 0 Å². The average Bonchev–Trinajstić information content (AvgIpc) is 3.64.